The molecule has 1 rings (SSSR count). The number of unbranched alkanes of at least 4 members (excludes halogenated alkanes) is 9. The van der Waals surface area contributed by atoms with Crippen LogP contribution in [0.25, 0.3) is 0 Å². The molecule has 0 aromatic carbocycles. The van der Waals surface area contributed by atoms with Crippen LogP contribution in [0.3, 0.4) is 0 Å². The van der Waals surface area contributed by atoms with Gasteiger partial charge in [-0.2, -0.15) is 0 Å². The summed E-state index contributed by atoms with van der Waals surface area (Å²) in [5.74, 6) is 0.774. The van der Waals surface area contributed by atoms with Crippen molar-refractivity contribution in [2.75, 3.05) is 0 Å². The molecule has 0 spiro atoms. The largest absolute Gasteiger partial charge is 0.327 e. The Hall–Kier alpha value is -0.0400. The van der Waals surface area contributed by atoms with Crippen LogP contribution in [0, 0.1) is 11.3 Å². The Balaban J connectivity index is 1.92. The monoisotopic (exact) mass is 295 g/mol. The van der Waals surface area contributed by atoms with Gasteiger partial charge in [0.25, 0.3) is 0 Å². The van der Waals surface area contributed by atoms with E-state index < -0.39 is 0 Å². The van der Waals surface area contributed by atoms with Crippen LogP contribution in [0.2, 0.25) is 0 Å². The molecule has 0 bridgehead atoms. The van der Waals surface area contributed by atoms with E-state index >= 15 is 0 Å². The predicted molar refractivity (Wildman–Crippen MR) is 95.6 cm³/mol. The second kappa shape index (κ2) is 10.6. The number of hydrogen-bond acceptors (Lipinski definition) is 1. The fourth-order valence-corrected chi connectivity index (χ4v) is 4.22. The molecule has 0 saturated heterocycles. The van der Waals surface area contributed by atoms with Gasteiger partial charge in [-0.1, -0.05) is 91.4 Å². The van der Waals surface area contributed by atoms with E-state index in [4.69, 9.17) is 5.73 Å². The highest BCUT2D eigenvalue weighted by Gasteiger charge is 2.37. The smallest absolute Gasteiger partial charge is 0.00722 e. The highest BCUT2D eigenvalue weighted by atomic mass is 14.7. The quantitative estimate of drug-likeness (QED) is 0.411. The lowest BCUT2D eigenvalue weighted by molar-refractivity contribution is 0.212. The zero-order valence-electron chi connectivity index (χ0n) is 15.1. The van der Waals surface area contributed by atoms with E-state index in [0.29, 0.717) is 11.5 Å². The Morgan fingerprint density at radius 1 is 0.905 bits per heavy atom. The maximum atomic E-state index is 6.46. The Bertz CT molecular complexity index is 246. The lowest BCUT2D eigenvalue weighted by Gasteiger charge is -2.32. The molecule has 2 N–H and O–H groups in total. The zero-order chi connectivity index (χ0) is 15.6. The van der Waals surface area contributed by atoms with Crippen LogP contribution in [-0.2, 0) is 0 Å². The fraction of sp³-hybridized carbons (Fsp3) is 1.00. The Morgan fingerprint density at radius 2 is 1.43 bits per heavy atom. The van der Waals surface area contributed by atoms with E-state index in [1.165, 1.54) is 89.9 Å². The van der Waals surface area contributed by atoms with Crippen LogP contribution in [0.15, 0.2) is 0 Å². The molecule has 0 amide bonds. The van der Waals surface area contributed by atoms with Crippen molar-refractivity contribution in [3.63, 3.8) is 0 Å². The van der Waals surface area contributed by atoms with Crippen molar-refractivity contribution in [3.8, 4) is 0 Å². The molecule has 1 nitrogen and oxygen atoms in total. The molecule has 2 unspecified atom stereocenters. The van der Waals surface area contributed by atoms with Gasteiger partial charge in [-0.3, -0.25) is 0 Å². The maximum absolute atomic E-state index is 6.46. The first-order valence-electron chi connectivity index (χ1n) is 9.83. The van der Waals surface area contributed by atoms with Crippen LogP contribution >= 0.6 is 0 Å². The van der Waals surface area contributed by atoms with Gasteiger partial charge < -0.3 is 5.73 Å². The molecule has 126 valence electrons. The van der Waals surface area contributed by atoms with Gasteiger partial charge in [0.2, 0.25) is 0 Å². The molecule has 1 aliphatic rings. The van der Waals surface area contributed by atoms with E-state index in [-0.39, 0.29) is 0 Å². The summed E-state index contributed by atoms with van der Waals surface area (Å²) in [6, 6.07) is 0.455. The normalized spacial score (nSPS) is 22.6. The first-order chi connectivity index (χ1) is 10.1. The van der Waals surface area contributed by atoms with Crippen LogP contribution in [0.1, 0.15) is 111 Å². The Morgan fingerprint density at radius 3 is 1.90 bits per heavy atom. The van der Waals surface area contributed by atoms with Crippen LogP contribution in [0.5, 0.6) is 0 Å². The third kappa shape index (κ3) is 7.68. The molecule has 21 heavy (non-hydrogen) atoms. The molecule has 0 radical (unpaired) electrons. The fourth-order valence-electron chi connectivity index (χ4n) is 4.22. The first-order valence-corrected chi connectivity index (χ1v) is 9.83. The molecular weight excluding hydrogens is 254 g/mol. The van der Waals surface area contributed by atoms with Gasteiger partial charge in [0.15, 0.2) is 0 Å². The molecule has 0 aromatic heterocycles. The summed E-state index contributed by atoms with van der Waals surface area (Å²) in [4.78, 5) is 0. The average molecular weight is 296 g/mol. The number of nitrogens with two attached hydrogens (primary N) is 1. The predicted octanol–water partition coefficient (Wildman–Crippen LogP) is 6.45. The molecular formula is C20H41N. The van der Waals surface area contributed by atoms with Crippen LogP contribution in [0.4, 0.5) is 0 Å². The maximum Gasteiger partial charge on any atom is 0.00722 e. The summed E-state index contributed by atoms with van der Waals surface area (Å²) in [5, 5.41) is 0. The van der Waals surface area contributed by atoms with E-state index in [0.717, 1.165) is 5.92 Å². The zero-order valence-corrected chi connectivity index (χ0v) is 15.1. The minimum absolute atomic E-state index is 0.455. The van der Waals surface area contributed by atoms with Crippen molar-refractivity contribution < 1.29 is 0 Å². The molecule has 0 aliphatic heterocycles. The van der Waals surface area contributed by atoms with Crippen molar-refractivity contribution in [1.29, 1.82) is 0 Å². The second-order valence-corrected chi connectivity index (χ2v) is 8.12. The van der Waals surface area contributed by atoms with Crippen molar-refractivity contribution in [1.82, 2.24) is 0 Å². The van der Waals surface area contributed by atoms with Gasteiger partial charge in [0.05, 0.1) is 0 Å². The van der Waals surface area contributed by atoms with Crippen LogP contribution in [-0.4, -0.2) is 6.04 Å². The molecule has 0 heterocycles. The number of hydrogen-bond donors (Lipinski definition) is 1. The summed E-state index contributed by atoms with van der Waals surface area (Å²) in [5.41, 5.74) is 6.96. The molecule has 1 saturated carbocycles. The molecule has 2 atom stereocenters. The summed E-state index contributed by atoms with van der Waals surface area (Å²) in [6.45, 7) is 7.13. The van der Waals surface area contributed by atoms with E-state index in [1.54, 1.807) is 0 Å². The highest BCUT2D eigenvalue weighted by molar-refractivity contribution is 4.90. The van der Waals surface area contributed by atoms with Gasteiger partial charge in [-0.25, -0.2) is 0 Å². The average Bonchev–Trinajstić information content (AvgIpc) is 2.80. The van der Waals surface area contributed by atoms with E-state index in [9.17, 15) is 0 Å². The second-order valence-electron chi connectivity index (χ2n) is 8.12. The SMILES string of the molecule is CCCCCCCCCCCCC(N)C1CCCC1(C)C. The standard InChI is InChI=1S/C20H41N/c1-4-5-6-7-8-9-10-11-12-13-16-19(21)18-15-14-17-20(18,2)3/h18-19H,4-17,21H2,1-3H3. The summed E-state index contributed by atoms with van der Waals surface area (Å²) in [6.07, 6.45) is 19.6. The lowest BCUT2D eigenvalue weighted by atomic mass is 9.76. The van der Waals surface area contributed by atoms with Gasteiger partial charge in [-0.15, -0.1) is 0 Å². The molecule has 1 aliphatic carbocycles. The summed E-state index contributed by atoms with van der Waals surface area (Å²) < 4.78 is 0. The van der Waals surface area contributed by atoms with Crippen molar-refractivity contribution in [3.05, 3.63) is 0 Å². The lowest BCUT2D eigenvalue weighted by Crippen LogP contribution is -2.36. The third-order valence-corrected chi connectivity index (χ3v) is 5.75. The van der Waals surface area contributed by atoms with Gasteiger partial charge in [0, 0.05) is 6.04 Å². The summed E-state index contributed by atoms with van der Waals surface area (Å²) in [7, 11) is 0. The summed E-state index contributed by atoms with van der Waals surface area (Å²) >= 11 is 0. The van der Waals surface area contributed by atoms with Crippen molar-refractivity contribution >= 4 is 0 Å². The minimum Gasteiger partial charge on any atom is -0.327 e. The third-order valence-electron chi connectivity index (χ3n) is 5.75. The topological polar surface area (TPSA) is 26.0 Å². The van der Waals surface area contributed by atoms with Gasteiger partial charge in [-0.05, 0) is 30.6 Å². The first kappa shape index (κ1) is 19.0. The Labute approximate surface area is 134 Å². The van der Waals surface area contributed by atoms with E-state index in [2.05, 4.69) is 20.8 Å². The molecule has 1 fully saturated rings. The van der Waals surface area contributed by atoms with Gasteiger partial charge >= 0.3 is 0 Å². The highest BCUT2D eigenvalue weighted by Crippen LogP contribution is 2.44. The Kier molecular flexibility index (Phi) is 9.64. The van der Waals surface area contributed by atoms with Crippen molar-refractivity contribution in [2.45, 2.75) is 117 Å². The minimum atomic E-state index is 0.455. The number of rotatable bonds is 12. The van der Waals surface area contributed by atoms with Crippen molar-refractivity contribution in [2.24, 2.45) is 17.1 Å². The van der Waals surface area contributed by atoms with Crippen LogP contribution < -0.4 is 5.73 Å². The molecule has 0 aromatic rings. The van der Waals surface area contributed by atoms with Gasteiger partial charge in [0.1, 0.15) is 0 Å². The van der Waals surface area contributed by atoms with E-state index in [1.807, 2.05) is 0 Å². The molecule has 1 heteroatoms.